The van der Waals surface area contributed by atoms with Crippen molar-refractivity contribution >= 4 is 34.9 Å². The lowest BCUT2D eigenvalue weighted by Crippen LogP contribution is -2.71. The highest BCUT2D eigenvalue weighted by molar-refractivity contribution is 6.30. The fraction of sp³-hybridized carbons (Fsp3) is 0.286. The van der Waals surface area contributed by atoms with Crippen LogP contribution < -0.4 is 15.1 Å². The molecule has 2 fully saturated rings. The van der Waals surface area contributed by atoms with Crippen LogP contribution in [0.1, 0.15) is 18.4 Å². The summed E-state index contributed by atoms with van der Waals surface area (Å²) in [5, 5.41) is 13.7. The first kappa shape index (κ1) is 18.3. The molecule has 0 unspecified atom stereocenters. The normalized spacial score (nSPS) is 25.2. The number of nitro benzene ring substituents is 1. The van der Waals surface area contributed by atoms with Crippen LogP contribution in [0.5, 0.6) is 0 Å². The van der Waals surface area contributed by atoms with E-state index in [1.807, 2.05) is 4.90 Å². The van der Waals surface area contributed by atoms with Crippen molar-refractivity contribution < 1.29 is 19.3 Å². The zero-order valence-electron chi connectivity index (χ0n) is 15.9. The molecule has 0 aliphatic carbocycles. The molecule has 2 aromatic rings. The number of carbonyl (C=O) groups is 3. The van der Waals surface area contributed by atoms with Crippen LogP contribution in [0.4, 0.5) is 21.9 Å². The molecule has 3 aliphatic rings. The van der Waals surface area contributed by atoms with Crippen LogP contribution in [-0.2, 0) is 16.0 Å². The summed E-state index contributed by atoms with van der Waals surface area (Å²) in [5.41, 5.74) is 0.121. The van der Waals surface area contributed by atoms with Crippen LogP contribution in [0.3, 0.4) is 0 Å². The lowest BCUT2D eigenvalue weighted by atomic mass is 9.68. The summed E-state index contributed by atoms with van der Waals surface area (Å²) in [6.45, 7) is 0.636. The van der Waals surface area contributed by atoms with Gasteiger partial charge in [0.05, 0.1) is 16.7 Å². The number of benzene rings is 2. The second kappa shape index (κ2) is 6.38. The average molecular weight is 406 g/mol. The number of non-ortho nitro benzene ring substituents is 1. The summed E-state index contributed by atoms with van der Waals surface area (Å²) in [5.74, 6) is -1.23. The van der Waals surface area contributed by atoms with Gasteiger partial charge in [-0.05, 0) is 36.6 Å². The predicted molar refractivity (Wildman–Crippen MR) is 107 cm³/mol. The largest absolute Gasteiger partial charge is 0.367 e. The van der Waals surface area contributed by atoms with Gasteiger partial charge in [-0.2, -0.15) is 0 Å². The topological polar surface area (TPSA) is 113 Å². The van der Waals surface area contributed by atoms with E-state index in [0.29, 0.717) is 24.2 Å². The Morgan fingerprint density at radius 1 is 1.10 bits per heavy atom. The summed E-state index contributed by atoms with van der Waals surface area (Å²) in [6.07, 6.45) is 1.40. The lowest BCUT2D eigenvalue weighted by Gasteiger charge is -2.49. The summed E-state index contributed by atoms with van der Waals surface area (Å²) >= 11 is 0. The van der Waals surface area contributed by atoms with Gasteiger partial charge < -0.3 is 4.90 Å². The first-order valence-electron chi connectivity index (χ1n) is 9.72. The van der Waals surface area contributed by atoms with Crippen molar-refractivity contribution in [1.82, 2.24) is 5.32 Å². The highest BCUT2D eigenvalue weighted by Gasteiger charge is 2.63. The van der Waals surface area contributed by atoms with Gasteiger partial charge >= 0.3 is 6.03 Å². The zero-order valence-corrected chi connectivity index (χ0v) is 15.9. The third kappa shape index (κ3) is 2.38. The maximum absolute atomic E-state index is 13.8. The molecule has 152 valence electrons. The molecule has 2 aromatic carbocycles. The smallest absolute Gasteiger partial charge is 0.335 e. The number of para-hydroxylation sites is 1. The number of nitrogens with zero attached hydrogens (tertiary/aromatic N) is 3. The number of barbiturate groups is 1. The molecule has 9 heteroatoms. The molecule has 5 rings (SSSR count). The number of amides is 4. The first-order chi connectivity index (χ1) is 14.4. The Morgan fingerprint density at radius 3 is 2.60 bits per heavy atom. The molecular formula is C21H18N4O5. The highest BCUT2D eigenvalue weighted by Crippen LogP contribution is 2.49. The van der Waals surface area contributed by atoms with Gasteiger partial charge in [0.25, 0.3) is 11.6 Å². The molecule has 0 aromatic heterocycles. The number of anilines is 2. The number of hydrogen-bond acceptors (Lipinski definition) is 6. The van der Waals surface area contributed by atoms with Crippen molar-refractivity contribution in [3.63, 3.8) is 0 Å². The standard InChI is InChI=1S/C21H18N4O5/c26-18-21(19(27)24(20(28)22-18)14-5-2-1-3-6-14)12-13-11-15(25(29)30)8-9-16(13)23-10-4-7-17(21)23/h1-3,5-6,8-9,11,17H,4,7,10,12H2,(H,22,26,28)/t17-,21+/m0/s1. The summed E-state index contributed by atoms with van der Waals surface area (Å²) in [7, 11) is 0. The zero-order chi connectivity index (χ0) is 21.0. The molecule has 4 amide bonds. The van der Waals surface area contributed by atoms with Gasteiger partial charge in [0, 0.05) is 30.8 Å². The van der Waals surface area contributed by atoms with Crippen molar-refractivity contribution in [2.45, 2.75) is 25.3 Å². The average Bonchev–Trinajstić information content (AvgIpc) is 3.23. The molecule has 2 saturated heterocycles. The molecule has 30 heavy (non-hydrogen) atoms. The SMILES string of the molecule is O=C1NC(=O)[C@]2(Cc3cc([N+](=O)[O-])ccc3N3CCC[C@H]32)C(=O)N1c1ccccc1. The summed E-state index contributed by atoms with van der Waals surface area (Å²) < 4.78 is 0. The maximum atomic E-state index is 13.8. The number of carbonyl (C=O) groups excluding carboxylic acids is 3. The number of nitrogens with one attached hydrogen (secondary N) is 1. The third-order valence-electron chi connectivity index (χ3n) is 6.30. The van der Waals surface area contributed by atoms with E-state index in [2.05, 4.69) is 5.32 Å². The van der Waals surface area contributed by atoms with E-state index >= 15 is 0 Å². The Kier molecular flexibility index (Phi) is 3.89. The fourth-order valence-electron chi connectivity index (χ4n) is 5.01. The molecule has 3 aliphatic heterocycles. The van der Waals surface area contributed by atoms with Crippen LogP contribution in [0.2, 0.25) is 0 Å². The molecule has 2 atom stereocenters. The van der Waals surface area contributed by atoms with Gasteiger partial charge in [0.15, 0.2) is 5.41 Å². The Morgan fingerprint density at radius 2 is 1.87 bits per heavy atom. The minimum atomic E-state index is -1.53. The summed E-state index contributed by atoms with van der Waals surface area (Å²) in [6, 6.07) is 11.8. The van der Waals surface area contributed by atoms with Gasteiger partial charge in [-0.25, -0.2) is 9.69 Å². The minimum Gasteiger partial charge on any atom is -0.367 e. The fourth-order valence-corrected chi connectivity index (χ4v) is 5.01. The third-order valence-corrected chi connectivity index (χ3v) is 6.30. The lowest BCUT2D eigenvalue weighted by molar-refractivity contribution is -0.384. The van der Waals surface area contributed by atoms with Crippen LogP contribution in [0.25, 0.3) is 0 Å². The molecular weight excluding hydrogens is 388 g/mol. The van der Waals surface area contributed by atoms with E-state index in [0.717, 1.165) is 17.0 Å². The molecule has 0 radical (unpaired) electrons. The Labute approximate surface area is 171 Å². The maximum Gasteiger partial charge on any atom is 0.335 e. The van der Waals surface area contributed by atoms with E-state index < -0.39 is 34.2 Å². The number of nitro groups is 1. The van der Waals surface area contributed by atoms with Gasteiger partial charge in [-0.3, -0.25) is 25.0 Å². The van der Waals surface area contributed by atoms with E-state index in [-0.39, 0.29) is 12.1 Å². The molecule has 1 N–H and O–H groups in total. The van der Waals surface area contributed by atoms with E-state index in [4.69, 9.17) is 0 Å². The monoisotopic (exact) mass is 406 g/mol. The van der Waals surface area contributed by atoms with Gasteiger partial charge in [0.2, 0.25) is 5.91 Å². The number of hydrogen-bond donors (Lipinski definition) is 1. The number of fused-ring (bicyclic) bond motifs is 4. The van der Waals surface area contributed by atoms with E-state index in [1.54, 1.807) is 36.4 Å². The van der Waals surface area contributed by atoms with E-state index in [1.165, 1.54) is 12.1 Å². The van der Waals surface area contributed by atoms with Crippen molar-refractivity contribution in [2.75, 3.05) is 16.3 Å². The van der Waals surface area contributed by atoms with Crippen molar-refractivity contribution in [3.8, 4) is 0 Å². The van der Waals surface area contributed by atoms with Gasteiger partial charge in [-0.1, -0.05) is 18.2 Å². The second-order valence-corrected chi connectivity index (χ2v) is 7.81. The van der Waals surface area contributed by atoms with Gasteiger partial charge in [0.1, 0.15) is 0 Å². The van der Waals surface area contributed by atoms with Crippen LogP contribution >= 0.6 is 0 Å². The summed E-state index contributed by atoms with van der Waals surface area (Å²) in [4.78, 5) is 53.4. The molecule has 0 bridgehead atoms. The van der Waals surface area contributed by atoms with Crippen LogP contribution in [-0.4, -0.2) is 35.4 Å². The molecule has 0 saturated carbocycles. The molecule has 1 spiro atoms. The Hall–Kier alpha value is -3.75. The van der Waals surface area contributed by atoms with Gasteiger partial charge in [-0.15, -0.1) is 0 Å². The van der Waals surface area contributed by atoms with Crippen molar-refractivity contribution in [1.29, 1.82) is 0 Å². The van der Waals surface area contributed by atoms with Crippen molar-refractivity contribution in [3.05, 3.63) is 64.2 Å². The quantitative estimate of drug-likeness (QED) is 0.465. The Bertz CT molecular complexity index is 1100. The second-order valence-electron chi connectivity index (χ2n) is 7.81. The molecule has 9 nitrogen and oxygen atoms in total. The van der Waals surface area contributed by atoms with Crippen LogP contribution in [0, 0.1) is 15.5 Å². The van der Waals surface area contributed by atoms with Crippen molar-refractivity contribution in [2.24, 2.45) is 5.41 Å². The predicted octanol–water partition coefficient (Wildman–Crippen LogP) is 2.39. The highest BCUT2D eigenvalue weighted by atomic mass is 16.6. The first-order valence-corrected chi connectivity index (χ1v) is 9.72. The molecule has 3 heterocycles. The van der Waals surface area contributed by atoms with Crippen LogP contribution in [0.15, 0.2) is 48.5 Å². The number of urea groups is 1. The Balaban J connectivity index is 1.67. The number of rotatable bonds is 2. The minimum absolute atomic E-state index is 0.00641. The number of imide groups is 2. The van der Waals surface area contributed by atoms with E-state index in [9.17, 15) is 24.5 Å².